The molecule has 0 unspecified atom stereocenters. The second-order valence-corrected chi connectivity index (χ2v) is 16.6. The number of hydrogen-bond acceptors (Lipinski definition) is 7. The Morgan fingerprint density at radius 3 is 0.783 bits per heavy atom. The molecule has 5 aromatic heterocycles. The van der Waals surface area contributed by atoms with E-state index in [1.165, 1.54) is 22.3 Å². The number of aromatic nitrogens is 5. The smallest absolute Gasteiger partial charge is 0.0894 e. The van der Waals surface area contributed by atoms with Crippen molar-refractivity contribution in [1.82, 2.24) is 24.9 Å². The molecule has 0 fully saturated rings. The standard InChI is InChI=1S/C53H55N7/c1-32(2)38-18-11-19-39(33(3)4)52(38)54-36(9)42-22-13-24-44(56-42)46-26-15-28-48(58-46)50-30-17-31-51(60-50)49-29-16-27-47(59-49)45-25-14-23-43(57-45)37(10)55-53-40(34(5)6)20-12-21-41(53)35(7)8/h11-35H,1-10H3. The van der Waals surface area contributed by atoms with Crippen molar-refractivity contribution in [3.8, 4) is 45.6 Å². The quantitative estimate of drug-likeness (QED) is 0.115. The van der Waals surface area contributed by atoms with Crippen LogP contribution in [-0.2, 0) is 0 Å². The van der Waals surface area contributed by atoms with E-state index in [0.717, 1.165) is 79.7 Å². The molecule has 0 saturated carbocycles. The third-order valence-electron chi connectivity index (χ3n) is 10.8. The van der Waals surface area contributed by atoms with E-state index in [0.29, 0.717) is 23.7 Å². The summed E-state index contributed by atoms with van der Waals surface area (Å²) in [5.41, 5.74) is 16.5. The summed E-state index contributed by atoms with van der Waals surface area (Å²) in [5.74, 6) is 1.42. The molecule has 7 nitrogen and oxygen atoms in total. The fourth-order valence-corrected chi connectivity index (χ4v) is 7.45. The average Bonchev–Trinajstić information content (AvgIpc) is 3.26. The van der Waals surface area contributed by atoms with Crippen LogP contribution in [0.25, 0.3) is 45.6 Å². The Labute approximate surface area is 356 Å². The average molecular weight is 790 g/mol. The van der Waals surface area contributed by atoms with Crippen molar-refractivity contribution in [2.75, 3.05) is 0 Å². The molecule has 0 atom stereocenters. The predicted octanol–water partition coefficient (Wildman–Crippen LogP) is 14.1. The molecule has 302 valence electrons. The SMILES string of the molecule is CC(=Nc1c(C(C)C)cccc1C(C)C)c1cccc(-c2cccc(-c3cccc(-c4cccc(-c5cccc(C(C)=Nc6c(C(C)C)cccc6C(C)C)n5)n4)n3)n2)n1. The molecule has 0 bridgehead atoms. The summed E-state index contributed by atoms with van der Waals surface area (Å²) in [4.78, 5) is 35.6. The molecular formula is C53H55N7. The van der Waals surface area contributed by atoms with Crippen LogP contribution >= 0.6 is 0 Å². The number of rotatable bonds is 12. The summed E-state index contributed by atoms with van der Waals surface area (Å²) < 4.78 is 0. The Morgan fingerprint density at radius 2 is 0.533 bits per heavy atom. The molecule has 60 heavy (non-hydrogen) atoms. The molecule has 0 spiro atoms. The highest BCUT2D eigenvalue weighted by molar-refractivity contribution is 6.00. The highest BCUT2D eigenvalue weighted by Gasteiger charge is 2.17. The minimum Gasteiger partial charge on any atom is -0.251 e. The van der Waals surface area contributed by atoms with Gasteiger partial charge in [0.1, 0.15) is 0 Å². The molecule has 5 heterocycles. The number of aliphatic imine (C=N–C) groups is 2. The number of nitrogens with zero attached hydrogens (tertiary/aromatic N) is 7. The normalized spacial score (nSPS) is 12.3. The first kappa shape index (κ1) is 41.7. The lowest BCUT2D eigenvalue weighted by Crippen LogP contribution is -2.03. The van der Waals surface area contributed by atoms with Crippen molar-refractivity contribution < 1.29 is 0 Å². The zero-order chi connectivity index (χ0) is 42.5. The first-order valence-corrected chi connectivity index (χ1v) is 21.1. The fourth-order valence-electron chi connectivity index (χ4n) is 7.45. The van der Waals surface area contributed by atoms with Crippen LogP contribution < -0.4 is 0 Å². The monoisotopic (exact) mass is 789 g/mol. The minimum absolute atomic E-state index is 0.356. The van der Waals surface area contributed by atoms with Crippen molar-refractivity contribution in [3.05, 3.63) is 161 Å². The molecule has 7 heteroatoms. The van der Waals surface area contributed by atoms with Gasteiger partial charge in [-0.2, -0.15) is 0 Å². The van der Waals surface area contributed by atoms with Gasteiger partial charge in [0, 0.05) is 0 Å². The van der Waals surface area contributed by atoms with Crippen molar-refractivity contribution in [1.29, 1.82) is 0 Å². The molecule has 0 amide bonds. The van der Waals surface area contributed by atoms with Gasteiger partial charge in [-0.25, -0.2) is 24.9 Å². The molecule has 0 aliphatic rings. The highest BCUT2D eigenvalue weighted by atomic mass is 14.9. The summed E-state index contributed by atoms with van der Waals surface area (Å²) in [6, 6.07) is 43.0. The van der Waals surface area contributed by atoms with Gasteiger partial charge in [-0.15, -0.1) is 0 Å². The molecular weight excluding hydrogens is 735 g/mol. The second kappa shape index (κ2) is 18.2. The molecule has 0 N–H and O–H groups in total. The lowest BCUT2D eigenvalue weighted by molar-refractivity contribution is 0.834. The zero-order valence-corrected chi connectivity index (χ0v) is 36.6. The third kappa shape index (κ3) is 9.21. The van der Waals surface area contributed by atoms with Crippen molar-refractivity contribution >= 4 is 22.8 Å². The lowest BCUT2D eigenvalue weighted by atomic mass is 9.93. The van der Waals surface area contributed by atoms with Gasteiger partial charge in [-0.05, 0) is 120 Å². The van der Waals surface area contributed by atoms with Crippen LogP contribution in [0.2, 0.25) is 0 Å². The van der Waals surface area contributed by atoms with E-state index in [1.54, 1.807) is 0 Å². The van der Waals surface area contributed by atoms with Gasteiger partial charge in [-0.1, -0.05) is 122 Å². The van der Waals surface area contributed by atoms with Crippen LogP contribution in [-0.4, -0.2) is 36.3 Å². The van der Waals surface area contributed by atoms with E-state index in [2.05, 4.69) is 91.8 Å². The third-order valence-corrected chi connectivity index (χ3v) is 10.8. The maximum absolute atomic E-state index is 5.19. The molecule has 7 rings (SSSR count). The number of hydrogen-bond donors (Lipinski definition) is 0. The number of para-hydroxylation sites is 2. The van der Waals surface area contributed by atoms with Gasteiger partial charge in [0.05, 0.1) is 79.7 Å². The maximum atomic E-state index is 5.19. The van der Waals surface area contributed by atoms with E-state index < -0.39 is 0 Å². The molecule has 7 aromatic rings. The first-order chi connectivity index (χ1) is 28.9. The van der Waals surface area contributed by atoms with Crippen molar-refractivity contribution in [3.63, 3.8) is 0 Å². The Bertz CT molecular complexity index is 2470. The zero-order valence-electron chi connectivity index (χ0n) is 36.6. The second-order valence-electron chi connectivity index (χ2n) is 16.6. The van der Waals surface area contributed by atoms with E-state index in [1.807, 2.05) is 105 Å². The Kier molecular flexibility index (Phi) is 12.6. The van der Waals surface area contributed by atoms with E-state index in [9.17, 15) is 0 Å². The van der Waals surface area contributed by atoms with Crippen LogP contribution in [0.1, 0.15) is 127 Å². The molecule has 2 aromatic carbocycles. The van der Waals surface area contributed by atoms with Crippen LogP contribution in [0.15, 0.2) is 137 Å². The predicted molar refractivity (Wildman–Crippen MR) is 250 cm³/mol. The highest BCUT2D eigenvalue weighted by Crippen LogP contribution is 2.37. The number of benzene rings is 2. The summed E-state index contributed by atoms with van der Waals surface area (Å²) in [6.45, 7) is 21.8. The fraction of sp³-hybridized carbons (Fsp3) is 0.264. The Hall–Kier alpha value is -6.47. The molecule has 0 saturated heterocycles. The summed E-state index contributed by atoms with van der Waals surface area (Å²) in [6.07, 6.45) is 0. The van der Waals surface area contributed by atoms with Crippen LogP contribution in [0.4, 0.5) is 11.4 Å². The summed E-state index contributed by atoms with van der Waals surface area (Å²) >= 11 is 0. The molecule has 0 radical (unpaired) electrons. The van der Waals surface area contributed by atoms with E-state index in [-0.39, 0.29) is 0 Å². The topological polar surface area (TPSA) is 89.2 Å². The van der Waals surface area contributed by atoms with Crippen LogP contribution in [0.5, 0.6) is 0 Å². The van der Waals surface area contributed by atoms with Gasteiger partial charge in [-0.3, -0.25) is 9.98 Å². The van der Waals surface area contributed by atoms with Gasteiger partial charge in [0.25, 0.3) is 0 Å². The van der Waals surface area contributed by atoms with Gasteiger partial charge >= 0.3 is 0 Å². The lowest BCUT2D eigenvalue weighted by Gasteiger charge is -2.17. The van der Waals surface area contributed by atoms with E-state index in [4.69, 9.17) is 34.9 Å². The van der Waals surface area contributed by atoms with Crippen LogP contribution in [0, 0.1) is 0 Å². The van der Waals surface area contributed by atoms with Crippen LogP contribution in [0.3, 0.4) is 0 Å². The Morgan fingerprint density at radius 1 is 0.317 bits per heavy atom. The van der Waals surface area contributed by atoms with Gasteiger partial charge in [0.2, 0.25) is 0 Å². The van der Waals surface area contributed by atoms with Gasteiger partial charge < -0.3 is 0 Å². The van der Waals surface area contributed by atoms with Gasteiger partial charge in [0.15, 0.2) is 0 Å². The Balaban J connectivity index is 1.16. The van der Waals surface area contributed by atoms with Crippen molar-refractivity contribution in [2.45, 2.75) is 92.9 Å². The maximum Gasteiger partial charge on any atom is 0.0894 e. The summed E-state index contributed by atoms with van der Waals surface area (Å²) in [7, 11) is 0. The molecule has 0 aliphatic carbocycles. The summed E-state index contributed by atoms with van der Waals surface area (Å²) in [5, 5.41) is 0. The van der Waals surface area contributed by atoms with Crippen molar-refractivity contribution in [2.24, 2.45) is 9.98 Å². The largest absolute Gasteiger partial charge is 0.251 e. The van der Waals surface area contributed by atoms with E-state index >= 15 is 0 Å². The minimum atomic E-state index is 0.356. The number of pyridine rings is 5. The molecule has 0 aliphatic heterocycles. The first-order valence-electron chi connectivity index (χ1n) is 21.1.